The molecule has 3 N–H and O–H groups in total. The number of anilines is 2. The lowest BCUT2D eigenvalue weighted by Gasteiger charge is -2.05. The second-order valence-electron chi connectivity index (χ2n) is 4.87. The Morgan fingerprint density at radius 2 is 1.65 bits per heavy atom. The first-order valence-electron chi connectivity index (χ1n) is 6.46. The van der Waals surface area contributed by atoms with Crippen LogP contribution in [0.4, 0.5) is 11.4 Å². The number of hydrogen-bond acceptors (Lipinski definition) is 2. The Labute approximate surface area is 119 Å². The van der Waals surface area contributed by atoms with E-state index < -0.39 is 0 Å². The van der Waals surface area contributed by atoms with Gasteiger partial charge in [-0.2, -0.15) is 0 Å². The van der Waals surface area contributed by atoms with Crippen LogP contribution < -0.4 is 11.1 Å². The lowest BCUT2D eigenvalue weighted by atomic mass is 10.1. The van der Waals surface area contributed by atoms with Gasteiger partial charge in [0.15, 0.2) is 0 Å². The normalized spacial score (nSPS) is 10.7. The number of nitrogen functional groups attached to an aromatic ring is 1. The fourth-order valence-electron chi connectivity index (χ4n) is 2.01. The third kappa shape index (κ3) is 3.99. The van der Waals surface area contributed by atoms with Gasteiger partial charge in [-0.05, 0) is 60.9 Å². The molecule has 0 fully saturated rings. The molecule has 0 aliphatic carbocycles. The molecule has 0 aromatic heterocycles. The van der Waals surface area contributed by atoms with Gasteiger partial charge in [-0.15, -0.1) is 0 Å². The van der Waals surface area contributed by atoms with Gasteiger partial charge in [-0.3, -0.25) is 4.79 Å². The van der Waals surface area contributed by atoms with Gasteiger partial charge in [0, 0.05) is 17.5 Å². The Bertz CT molecular complexity index is 622. The molecule has 2 aromatic rings. The van der Waals surface area contributed by atoms with Crippen molar-refractivity contribution < 1.29 is 4.79 Å². The molecule has 0 heterocycles. The van der Waals surface area contributed by atoms with Crippen molar-refractivity contribution in [3.63, 3.8) is 0 Å². The van der Waals surface area contributed by atoms with Gasteiger partial charge in [0.05, 0.1) is 0 Å². The van der Waals surface area contributed by atoms with Crippen molar-refractivity contribution in [1.82, 2.24) is 0 Å². The predicted octanol–water partition coefficient (Wildman–Crippen LogP) is 3.54. The first kappa shape index (κ1) is 13.9. The lowest BCUT2D eigenvalue weighted by molar-refractivity contribution is -0.111. The van der Waals surface area contributed by atoms with Crippen molar-refractivity contribution in [3.8, 4) is 0 Å². The zero-order valence-electron chi connectivity index (χ0n) is 11.7. The third-order valence-corrected chi connectivity index (χ3v) is 2.85. The molecular weight excluding hydrogens is 248 g/mol. The number of aryl methyl sites for hydroxylation is 2. The van der Waals surface area contributed by atoms with E-state index in [0.717, 1.165) is 22.4 Å². The van der Waals surface area contributed by atoms with Crippen molar-refractivity contribution >= 4 is 23.4 Å². The fraction of sp³-hybridized carbons (Fsp3) is 0.118. The maximum absolute atomic E-state index is 11.9. The Hall–Kier alpha value is -2.55. The van der Waals surface area contributed by atoms with Crippen LogP contribution in [-0.2, 0) is 4.79 Å². The zero-order chi connectivity index (χ0) is 14.5. The molecule has 0 unspecified atom stereocenters. The summed E-state index contributed by atoms with van der Waals surface area (Å²) in [6.45, 7) is 4.01. The molecule has 102 valence electrons. The highest BCUT2D eigenvalue weighted by Gasteiger charge is 1.99. The van der Waals surface area contributed by atoms with Crippen LogP contribution in [0.2, 0.25) is 0 Å². The molecular formula is C17H18N2O. The molecule has 3 heteroatoms. The van der Waals surface area contributed by atoms with Gasteiger partial charge < -0.3 is 11.1 Å². The van der Waals surface area contributed by atoms with Crippen LogP contribution in [0.25, 0.3) is 6.08 Å². The predicted molar refractivity (Wildman–Crippen MR) is 84.4 cm³/mol. The molecule has 0 aliphatic heterocycles. The summed E-state index contributed by atoms with van der Waals surface area (Å²) in [5, 5.41) is 2.85. The molecule has 0 atom stereocenters. The minimum Gasteiger partial charge on any atom is -0.399 e. The number of amides is 1. The summed E-state index contributed by atoms with van der Waals surface area (Å²) in [5.74, 6) is -0.146. The minimum atomic E-state index is -0.146. The van der Waals surface area contributed by atoms with Crippen LogP contribution in [0.15, 0.2) is 48.5 Å². The zero-order valence-corrected chi connectivity index (χ0v) is 11.7. The molecule has 0 saturated heterocycles. The van der Waals surface area contributed by atoms with E-state index >= 15 is 0 Å². The number of rotatable bonds is 3. The highest BCUT2D eigenvalue weighted by atomic mass is 16.1. The summed E-state index contributed by atoms with van der Waals surface area (Å²) in [5.41, 5.74) is 10.3. The highest BCUT2D eigenvalue weighted by molar-refractivity contribution is 6.02. The largest absolute Gasteiger partial charge is 0.399 e. The summed E-state index contributed by atoms with van der Waals surface area (Å²) in [6, 6.07) is 13.3. The maximum atomic E-state index is 11.9. The summed E-state index contributed by atoms with van der Waals surface area (Å²) < 4.78 is 0. The number of carbonyl (C=O) groups is 1. The first-order chi connectivity index (χ1) is 9.52. The summed E-state index contributed by atoms with van der Waals surface area (Å²) in [7, 11) is 0. The van der Waals surface area contributed by atoms with E-state index in [9.17, 15) is 4.79 Å². The number of hydrogen-bond donors (Lipinski definition) is 2. The maximum Gasteiger partial charge on any atom is 0.248 e. The smallest absolute Gasteiger partial charge is 0.248 e. The van der Waals surface area contributed by atoms with E-state index in [-0.39, 0.29) is 5.91 Å². The topological polar surface area (TPSA) is 55.1 Å². The molecule has 3 nitrogen and oxygen atoms in total. The van der Waals surface area contributed by atoms with Gasteiger partial charge in [0.1, 0.15) is 0 Å². The van der Waals surface area contributed by atoms with Crippen LogP contribution in [0.5, 0.6) is 0 Å². The Balaban J connectivity index is 2.03. The fourth-order valence-corrected chi connectivity index (χ4v) is 2.01. The number of nitrogens with one attached hydrogen (secondary N) is 1. The van der Waals surface area contributed by atoms with E-state index in [1.54, 1.807) is 6.08 Å². The van der Waals surface area contributed by atoms with Crippen LogP contribution in [0, 0.1) is 13.8 Å². The molecule has 0 radical (unpaired) electrons. The van der Waals surface area contributed by atoms with Crippen LogP contribution in [-0.4, -0.2) is 5.91 Å². The van der Waals surface area contributed by atoms with E-state index in [0.29, 0.717) is 5.69 Å². The van der Waals surface area contributed by atoms with Gasteiger partial charge in [0.25, 0.3) is 0 Å². The van der Waals surface area contributed by atoms with Crippen molar-refractivity contribution in [1.29, 1.82) is 0 Å². The van der Waals surface area contributed by atoms with Crippen LogP contribution in [0.3, 0.4) is 0 Å². The second-order valence-corrected chi connectivity index (χ2v) is 4.87. The van der Waals surface area contributed by atoms with E-state index in [1.165, 1.54) is 6.08 Å². The van der Waals surface area contributed by atoms with Crippen molar-refractivity contribution in [2.45, 2.75) is 13.8 Å². The number of carbonyl (C=O) groups excluding carboxylic acids is 1. The van der Waals surface area contributed by atoms with Gasteiger partial charge in [-0.25, -0.2) is 0 Å². The number of benzene rings is 2. The summed E-state index contributed by atoms with van der Waals surface area (Å²) in [4.78, 5) is 11.9. The highest BCUT2D eigenvalue weighted by Crippen LogP contribution is 2.14. The standard InChI is InChI=1S/C17H18N2O/c1-12-9-13(2)11-16(10-12)19-17(20)8-5-14-3-6-15(18)7-4-14/h3-11H,18H2,1-2H3,(H,19,20)/b8-5+. The van der Waals surface area contributed by atoms with Gasteiger partial charge >= 0.3 is 0 Å². The average molecular weight is 266 g/mol. The lowest BCUT2D eigenvalue weighted by Crippen LogP contribution is -2.08. The summed E-state index contributed by atoms with van der Waals surface area (Å²) in [6.07, 6.45) is 3.28. The molecule has 0 bridgehead atoms. The monoisotopic (exact) mass is 266 g/mol. The molecule has 0 saturated carbocycles. The first-order valence-corrected chi connectivity index (χ1v) is 6.46. The molecule has 20 heavy (non-hydrogen) atoms. The molecule has 2 rings (SSSR count). The van der Waals surface area contributed by atoms with Crippen molar-refractivity contribution in [2.75, 3.05) is 11.1 Å². The van der Waals surface area contributed by atoms with E-state index in [2.05, 4.69) is 11.4 Å². The Kier molecular flexibility index (Phi) is 4.20. The molecule has 2 aromatic carbocycles. The molecule has 0 spiro atoms. The quantitative estimate of drug-likeness (QED) is 0.659. The number of nitrogens with two attached hydrogens (primary N) is 1. The van der Waals surface area contributed by atoms with Crippen molar-refractivity contribution in [3.05, 3.63) is 65.2 Å². The molecule has 1 amide bonds. The minimum absolute atomic E-state index is 0.146. The van der Waals surface area contributed by atoms with Gasteiger partial charge in [0.2, 0.25) is 5.91 Å². The van der Waals surface area contributed by atoms with Gasteiger partial charge in [-0.1, -0.05) is 18.2 Å². The summed E-state index contributed by atoms with van der Waals surface area (Å²) >= 11 is 0. The SMILES string of the molecule is Cc1cc(C)cc(NC(=O)/C=C/c2ccc(N)cc2)c1. The average Bonchev–Trinajstić information content (AvgIpc) is 2.37. The van der Waals surface area contributed by atoms with E-state index in [4.69, 9.17) is 5.73 Å². The Morgan fingerprint density at radius 1 is 1.05 bits per heavy atom. The Morgan fingerprint density at radius 3 is 2.25 bits per heavy atom. The third-order valence-electron chi connectivity index (χ3n) is 2.85. The van der Waals surface area contributed by atoms with Crippen LogP contribution in [0.1, 0.15) is 16.7 Å². The van der Waals surface area contributed by atoms with Crippen molar-refractivity contribution in [2.24, 2.45) is 0 Å². The second kappa shape index (κ2) is 6.06. The van der Waals surface area contributed by atoms with E-state index in [1.807, 2.05) is 50.2 Å². The van der Waals surface area contributed by atoms with Crippen LogP contribution >= 0.6 is 0 Å². The molecule has 0 aliphatic rings.